The SMILES string of the molecule is CCOC(=O)C1=CC2CCN(C(=O)c3ccc(N)cc3)c3sc(C)cc3C2S1. The molecule has 5 nitrogen and oxygen atoms in total. The summed E-state index contributed by atoms with van der Waals surface area (Å²) in [5.74, 6) is -0.0482. The Hall–Kier alpha value is -2.25. The van der Waals surface area contributed by atoms with E-state index in [9.17, 15) is 9.59 Å². The predicted octanol–water partition coefficient (Wildman–Crippen LogP) is 4.54. The molecule has 0 fully saturated rings. The minimum absolute atomic E-state index is 0.0114. The average molecular weight is 415 g/mol. The third-order valence-electron chi connectivity index (χ3n) is 4.99. The molecule has 1 aromatic heterocycles. The summed E-state index contributed by atoms with van der Waals surface area (Å²) in [7, 11) is 0. The van der Waals surface area contributed by atoms with Crippen LogP contribution in [0.5, 0.6) is 0 Å². The number of nitrogen functional groups attached to an aromatic ring is 1. The van der Waals surface area contributed by atoms with E-state index in [0.29, 0.717) is 29.3 Å². The zero-order valence-electron chi connectivity index (χ0n) is 15.8. The Kier molecular flexibility index (Phi) is 5.21. The molecule has 2 aliphatic rings. The number of thiophene rings is 1. The van der Waals surface area contributed by atoms with Crippen LogP contribution in [0.2, 0.25) is 0 Å². The summed E-state index contributed by atoms with van der Waals surface area (Å²) < 4.78 is 5.18. The van der Waals surface area contributed by atoms with Crippen LogP contribution in [0, 0.1) is 12.8 Å². The lowest BCUT2D eigenvalue weighted by molar-refractivity contribution is -0.137. The standard InChI is InChI=1S/C21H22N2O3S2/c1-3-26-21(25)17-11-14-8-9-23(19(24)13-4-6-15(22)7-5-13)20-16(18(14)28-17)10-12(2)27-20/h4-7,10-11,14,18H,3,8-9,22H2,1-2H3. The van der Waals surface area contributed by atoms with Gasteiger partial charge in [0.2, 0.25) is 0 Å². The van der Waals surface area contributed by atoms with Gasteiger partial charge in [0, 0.05) is 33.5 Å². The summed E-state index contributed by atoms with van der Waals surface area (Å²) in [5.41, 5.74) is 8.17. The molecule has 146 valence electrons. The number of nitrogens with zero attached hydrogens (tertiary/aromatic N) is 1. The number of thioether (sulfide) groups is 1. The molecule has 3 heterocycles. The van der Waals surface area contributed by atoms with Crippen LogP contribution in [0.3, 0.4) is 0 Å². The number of nitrogens with two attached hydrogens (primary N) is 1. The van der Waals surface area contributed by atoms with Gasteiger partial charge in [0.05, 0.1) is 11.5 Å². The molecule has 0 bridgehead atoms. The number of esters is 1. The third kappa shape index (κ3) is 3.44. The van der Waals surface area contributed by atoms with Gasteiger partial charge in [0.25, 0.3) is 5.91 Å². The molecule has 4 rings (SSSR count). The molecule has 7 heteroatoms. The number of rotatable bonds is 3. The van der Waals surface area contributed by atoms with Crippen LogP contribution in [0.25, 0.3) is 0 Å². The van der Waals surface area contributed by atoms with Gasteiger partial charge < -0.3 is 10.5 Å². The molecular weight excluding hydrogens is 392 g/mol. The van der Waals surface area contributed by atoms with Crippen molar-refractivity contribution in [3.05, 3.63) is 57.3 Å². The number of allylic oxidation sites excluding steroid dienone is 1. The van der Waals surface area contributed by atoms with Crippen LogP contribution in [0.4, 0.5) is 10.7 Å². The molecule has 2 aliphatic heterocycles. The number of hydrogen-bond donors (Lipinski definition) is 1. The molecule has 2 unspecified atom stereocenters. The number of amides is 1. The van der Waals surface area contributed by atoms with Crippen molar-refractivity contribution in [1.29, 1.82) is 0 Å². The summed E-state index contributed by atoms with van der Waals surface area (Å²) in [5, 5.41) is 1.13. The van der Waals surface area contributed by atoms with Gasteiger partial charge in [-0.1, -0.05) is 6.08 Å². The highest BCUT2D eigenvalue weighted by Crippen LogP contribution is 2.55. The number of anilines is 2. The van der Waals surface area contributed by atoms with E-state index in [-0.39, 0.29) is 23.0 Å². The van der Waals surface area contributed by atoms with Gasteiger partial charge in [0.1, 0.15) is 5.00 Å². The lowest BCUT2D eigenvalue weighted by atomic mass is 9.97. The van der Waals surface area contributed by atoms with E-state index >= 15 is 0 Å². The first-order valence-electron chi connectivity index (χ1n) is 9.31. The predicted molar refractivity (Wildman–Crippen MR) is 115 cm³/mol. The zero-order chi connectivity index (χ0) is 19.8. The summed E-state index contributed by atoms with van der Waals surface area (Å²) in [6, 6.07) is 9.21. The Bertz CT molecular complexity index is 949. The van der Waals surface area contributed by atoms with Crippen molar-refractivity contribution in [3.8, 4) is 0 Å². The number of carbonyl (C=O) groups is 2. The first-order chi connectivity index (χ1) is 13.5. The number of ether oxygens (including phenoxy) is 1. The zero-order valence-corrected chi connectivity index (χ0v) is 17.4. The lowest BCUT2D eigenvalue weighted by Crippen LogP contribution is -2.31. The van der Waals surface area contributed by atoms with E-state index in [1.54, 1.807) is 47.4 Å². The second-order valence-electron chi connectivity index (χ2n) is 6.94. The van der Waals surface area contributed by atoms with Gasteiger partial charge in [-0.25, -0.2) is 4.79 Å². The normalized spacial score (nSPS) is 20.8. The van der Waals surface area contributed by atoms with Crippen LogP contribution >= 0.6 is 23.1 Å². The Morgan fingerprint density at radius 1 is 1.29 bits per heavy atom. The second kappa shape index (κ2) is 7.64. The molecule has 2 aromatic rings. The summed E-state index contributed by atoms with van der Waals surface area (Å²) in [6.45, 7) is 4.86. The first-order valence-corrected chi connectivity index (χ1v) is 11.0. The monoisotopic (exact) mass is 414 g/mol. The quantitative estimate of drug-likeness (QED) is 0.590. The maximum absolute atomic E-state index is 13.2. The van der Waals surface area contributed by atoms with Crippen LogP contribution in [0.1, 0.15) is 39.4 Å². The highest BCUT2D eigenvalue weighted by Gasteiger charge is 2.39. The highest BCUT2D eigenvalue weighted by atomic mass is 32.2. The molecule has 1 aromatic carbocycles. The molecule has 28 heavy (non-hydrogen) atoms. The topological polar surface area (TPSA) is 72.6 Å². The van der Waals surface area contributed by atoms with E-state index < -0.39 is 0 Å². The average Bonchev–Trinajstić information content (AvgIpc) is 3.23. The molecule has 2 N–H and O–H groups in total. The number of carbonyl (C=O) groups excluding carboxylic acids is 2. The molecule has 0 radical (unpaired) electrons. The van der Waals surface area contributed by atoms with Gasteiger partial charge in [-0.2, -0.15) is 0 Å². The van der Waals surface area contributed by atoms with Crippen molar-refractivity contribution >= 4 is 45.7 Å². The minimum atomic E-state index is -0.246. The molecule has 0 aliphatic carbocycles. The summed E-state index contributed by atoms with van der Waals surface area (Å²) in [6.07, 6.45) is 2.84. The van der Waals surface area contributed by atoms with Crippen molar-refractivity contribution in [2.24, 2.45) is 5.92 Å². The van der Waals surface area contributed by atoms with E-state index in [1.807, 2.05) is 17.9 Å². The van der Waals surface area contributed by atoms with Gasteiger partial charge in [-0.3, -0.25) is 9.69 Å². The number of benzene rings is 1. The molecular formula is C21H22N2O3S2. The Morgan fingerprint density at radius 2 is 2.04 bits per heavy atom. The maximum Gasteiger partial charge on any atom is 0.344 e. The first kappa shape index (κ1) is 19.1. The Labute approximate surface area is 172 Å². The van der Waals surface area contributed by atoms with Gasteiger partial charge in [0.15, 0.2) is 0 Å². The smallest absolute Gasteiger partial charge is 0.344 e. The minimum Gasteiger partial charge on any atom is -0.462 e. The molecule has 0 spiro atoms. The van der Waals surface area contributed by atoms with Gasteiger partial charge >= 0.3 is 5.97 Å². The molecule has 0 saturated heterocycles. The van der Waals surface area contributed by atoms with Crippen LogP contribution in [-0.4, -0.2) is 25.0 Å². The van der Waals surface area contributed by atoms with E-state index in [1.165, 1.54) is 0 Å². The Balaban J connectivity index is 1.66. The van der Waals surface area contributed by atoms with E-state index in [4.69, 9.17) is 10.5 Å². The van der Waals surface area contributed by atoms with Crippen LogP contribution in [0.15, 0.2) is 41.3 Å². The van der Waals surface area contributed by atoms with E-state index in [2.05, 4.69) is 13.0 Å². The van der Waals surface area contributed by atoms with Crippen molar-refractivity contribution in [3.63, 3.8) is 0 Å². The fraction of sp³-hybridized carbons (Fsp3) is 0.333. The van der Waals surface area contributed by atoms with Crippen molar-refractivity contribution in [2.75, 3.05) is 23.8 Å². The van der Waals surface area contributed by atoms with Crippen LogP contribution < -0.4 is 10.6 Å². The largest absolute Gasteiger partial charge is 0.462 e. The Morgan fingerprint density at radius 3 is 2.75 bits per heavy atom. The lowest BCUT2D eigenvalue weighted by Gasteiger charge is -2.21. The highest BCUT2D eigenvalue weighted by molar-refractivity contribution is 8.04. The van der Waals surface area contributed by atoms with Gasteiger partial charge in [-0.15, -0.1) is 23.1 Å². The molecule has 0 saturated carbocycles. The maximum atomic E-state index is 13.2. The number of hydrogen-bond acceptors (Lipinski definition) is 6. The van der Waals surface area contributed by atoms with Crippen molar-refractivity contribution in [1.82, 2.24) is 0 Å². The third-order valence-corrected chi connectivity index (χ3v) is 7.49. The number of fused-ring (bicyclic) bond motifs is 3. The van der Waals surface area contributed by atoms with Gasteiger partial charge in [-0.05, 0) is 56.5 Å². The van der Waals surface area contributed by atoms with E-state index in [0.717, 1.165) is 21.9 Å². The van der Waals surface area contributed by atoms with Crippen LogP contribution in [-0.2, 0) is 9.53 Å². The van der Waals surface area contributed by atoms with Crippen molar-refractivity contribution < 1.29 is 14.3 Å². The second-order valence-corrected chi connectivity index (χ2v) is 9.36. The summed E-state index contributed by atoms with van der Waals surface area (Å²) in [4.78, 5) is 29.1. The summed E-state index contributed by atoms with van der Waals surface area (Å²) >= 11 is 3.20. The fourth-order valence-electron chi connectivity index (χ4n) is 3.68. The van der Waals surface area contributed by atoms with Crippen molar-refractivity contribution in [2.45, 2.75) is 25.5 Å². The number of aryl methyl sites for hydroxylation is 1. The molecule has 2 atom stereocenters. The molecule has 1 amide bonds. The fourth-order valence-corrected chi connectivity index (χ4v) is 6.22.